The molecule has 0 spiro atoms. The monoisotopic (exact) mass is 297 g/mol. The fourth-order valence-electron chi connectivity index (χ4n) is 1.79. The van der Waals surface area contributed by atoms with Crippen LogP contribution >= 0.6 is 15.9 Å². The third-order valence-corrected chi connectivity index (χ3v) is 3.20. The molecular weight excluding hydrogens is 288 g/mol. The van der Waals surface area contributed by atoms with Gasteiger partial charge in [0.2, 0.25) is 0 Å². The molecule has 0 unspecified atom stereocenters. The number of fused-ring (bicyclic) bond motifs is 1. The second-order valence-corrected chi connectivity index (χ2v) is 4.88. The van der Waals surface area contributed by atoms with E-state index >= 15 is 0 Å². The number of halogens is 1. The van der Waals surface area contributed by atoms with Gasteiger partial charge in [-0.05, 0) is 41.1 Å². The first-order valence-corrected chi connectivity index (χ1v) is 6.45. The first kappa shape index (κ1) is 11.3. The van der Waals surface area contributed by atoms with Crippen LogP contribution in [-0.4, -0.2) is 0 Å². The molecule has 0 aromatic heterocycles. The number of rotatable bonds is 2. The van der Waals surface area contributed by atoms with E-state index < -0.39 is 0 Å². The second kappa shape index (κ2) is 4.83. The first-order valence-electron chi connectivity index (χ1n) is 5.66. The van der Waals surface area contributed by atoms with Gasteiger partial charge in [-0.15, -0.1) is 0 Å². The molecule has 0 saturated carbocycles. The van der Waals surface area contributed by atoms with E-state index in [1.807, 2.05) is 54.6 Å². The summed E-state index contributed by atoms with van der Waals surface area (Å²) >= 11 is 3.40. The number of hydrogen-bond donors (Lipinski definition) is 0. The van der Waals surface area contributed by atoms with Gasteiger partial charge in [0.05, 0.1) is 0 Å². The van der Waals surface area contributed by atoms with E-state index in [1.165, 1.54) is 5.39 Å². The molecule has 0 amide bonds. The van der Waals surface area contributed by atoms with Gasteiger partial charge in [0, 0.05) is 10.5 Å². The van der Waals surface area contributed by atoms with Crippen LogP contribution < -0.4 is 4.74 Å². The smallest absolute Gasteiger partial charge is 0.136 e. The van der Waals surface area contributed by atoms with Gasteiger partial charge < -0.3 is 4.74 Å². The van der Waals surface area contributed by atoms with Crippen molar-refractivity contribution in [2.75, 3.05) is 0 Å². The van der Waals surface area contributed by atoms with Crippen molar-refractivity contribution in [1.82, 2.24) is 0 Å². The van der Waals surface area contributed by atoms with E-state index in [1.54, 1.807) is 0 Å². The zero-order chi connectivity index (χ0) is 12.4. The van der Waals surface area contributed by atoms with Crippen molar-refractivity contribution in [2.45, 2.75) is 0 Å². The molecule has 18 heavy (non-hydrogen) atoms. The lowest BCUT2D eigenvalue weighted by molar-refractivity contribution is 0.482. The van der Waals surface area contributed by atoms with Crippen molar-refractivity contribution in [2.24, 2.45) is 0 Å². The van der Waals surface area contributed by atoms with Crippen LogP contribution in [-0.2, 0) is 0 Å². The molecule has 0 aliphatic heterocycles. The van der Waals surface area contributed by atoms with Gasteiger partial charge in [-0.3, -0.25) is 0 Å². The van der Waals surface area contributed by atoms with Crippen LogP contribution in [0.5, 0.6) is 11.5 Å². The van der Waals surface area contributed by atoms with Crippen molar-refractivity contribution in [3.63, 3.8) is 0 Å². The van der Waals surface area contributed by atoms with Crippen LogP contribution in [0, 0.1) is 6.07 Å². The van der Waals surface area contributed by atoms with Gasteiger partial charge in [-0.2, -0.15) is 0 Å². The first-order chi connectivity index (χ1) is 8.81. The van der Waals surface area contributed by atoms with E-state index in [9.17, 15) is 0 Å². The molecule has 3 rings (SSSR count). The Bertz CT molecular complexity index is 674. The van der Waals surface area contributed by atoms with Crippen LogP contribution in [0.1, 0.15) is 0 Å². The van der Waals surface area contributed by atoms with Gasteiger partial charge in [0.15, 0.2) is 0 Å². The van der Waals surface area contributed by atoms with Crippen LogP contribution in [0.2, 0.25) is 0 Å². The predicted octanol–water partition coefficient (Wildman–Crippen LogP) is 5.19. The zero-order valence-electron chi connectivity index (χ0n) is 9.56. The number of ether oxygens (including phenoxy) is 1. The molecule has 1 radical (unpaired) electrons. The lowest BCUT2D eigenvalue weighted by Gasteiger charge is -2.06. The Kier molecular flexibility index (Phi) is 3.03. The van der Waals surface area contributed by atoms with Crippen molar-refractivity contribution in [1.29, 1.82) is 0 Å². The normalized spacial score (nSPS) is 10.5. The van der Waals surface area contributed by atoms with Gasteiger partial charge in [0.25, 0.3) is 0 Å². The highest BCUT2D eigenvalue weighted by Crippen LogP contribution is 2.25. The molecule has 87 valence electrons. The molecule has 0 saturated heterocycles. The summed E-state index contributed by atoms with van der Waals surface area (Å²) in [5.41, 5.74) is 0. The summed E-state index contributed by atoms with van der Waals surface area (Å²) in [6.45, 7) is 0. The fraction of sp³-hybridized carbons (Fsp3) is 0. The summed E-state index contributed by atoms with van der Waals surface area (Å²) < 4.78 is 6.80. The van der Waals surface area contributed by atoms with Crippen molar-refractivity contribution >= 4 is 26.7 Å². The fourth-order valence-corrected chi connectivity index (χ4v) is 2.05. The molecular formula is C16H10BrO. The molecule has 1 nitrogen and oxygen atoms in total. The maximum absolute atomic E-state index is 5.77. The van der Waals surface area contributed by atoms with Crippen LogP contribution in [0.3, 0.4) is 0 Å². The largest absolute Gasteiger partial charge is 0.457 e. The summed E-state index contributed by atoms with van der Waals surface area (Å²) in [6, 6.07) is 23.1. The van der Waals surface area contributed by atoms with Crippen molar-refractivity contribution < 1.29 is 4.74 Å². The molecule has 0 aliphatic rings. The highest BCUT2D eigenvalue weighted by Gasteiger charge is 1.99. The summed E-state index contributed by atoms with van der Waals surface area (Å²) in [7, 11) is 0. The van der Waals surface area contributed by atoms with Crippen LogP contribution in [0.15, 0.2) is 65.1 Å². The molecule has 0 aliphatic carbocycles. The average molecular weight is 298 g/mol. The van der Waals surface area contributed by atoms with E-state index in [0.29, 0.717) is 0 Å². The second-order valence-electron chi connectivity index (χ2n) is 3.97. The highest BCUT2D eigenvalue weighted by molar-refractivity contribution is 9.10. The predicted molar refractivity (Wildman–Crippen MR) is 77.0 cm³/mol. The number of benzene rings is 3. The molecule has 0 N–H and O–H groups in total. The van der Waals surface area contributed by atoms with Gasteiger partial charge in [-0.1, -0.05) is 46.3 Å². The maximum atomic E-state index is 5.77. The van der Waals surface area contributed by atoms with Crippen LogP contribution in [0.25, 0.3) is 10.8 Å². The summed E-state index contributed by atoms with van der Waals surface area (Å²) in [6.07, 6.45) is 0. The summed E-state index contributed by atoms with van der Waals surface area (Å²) in [5.74, 6) is 1.54. The molecule has 2 heteroatoms. The minimum Gasteiger partial charge on any atom is -0.457 e. The minimum absolute atomic E-state index is 0.732. The van der Waals surface area contributed by atoms with E-state index in [0.717, 1.165) is 21.4 Å². The topological polar surface area (TPSA) is 9.23 Å². The molecule has 3 aromatic rings. The Labute approximate surface area is 114 Å². The highest BCUT2D eigenvalue weighted by atomic mass is 79.9. The molecule has 0 atom stereocenters. The zero-order valence-corrected chi connectivity index (χ0v) is 11.1. The Morgan fingerprint density at radius 1 is 0.833 bits per heavy atom. The maximum Gasteiger partial charge on any atom is 0.136 e. The van der Waals surface area contributed by atoms with E-state index in [2.05, 4.69) is 28.1 Å². The van der Waals surface area contributed by atoms with Gasteiger partial charge in [0.1, 0.15) is 11.5 Å². The third kappa shape index (κ3) is 2.39. The SMILES string of the molecule is Brc1ccc(Oc2[c]c3ccccc3cc2)cc1. The Balaban J connectivity index is 1.92. The summed E-state index contributed by atoms with van der Waals surface area (Å²) in [5, 5.41) is 2.23. The number of hydrogen-bond acceptors (Lipinski definition) is 1. The molecule has 3 aromatic carbocycles. The summed E-state index contributed by atoms with van der Waals surface area (Å²) in [4.78, 5) is 0. The standard InChI is InChI=1S/C16H10BrO/c17-14-6-9-15(10-7-14)18-16-8-5-12-3-1-2-4-13(12)11-16/h1-10H. The Hall–Kier alpha value is -1.80. The van der Waals surface area contributed by atoms with E-state index in [-0.39, 0.29) is 0 Å². The van der Waals surface area contributed by atoms with Crippen molar-refractivity contribution in [3.8, 4) is 11.5 Å². The molecule has 0 heterocycles. The lowest BCUT2D eigenvalue weighted by atomic mass is 10.1. The third-order valence-electron chi connectivity index (χ3n) is 2.67. The Morgan fingerprint density at radius 2 is 1.61 bits per heavy atom. The van der Waals surface area contributed by atoms with E-state index in [4.69, 9.17) is 4.74 Å². The van der Waals surface area contributed by atoms with Gasteiger partial charge in [-0.25, -0.2) is 0 Å². The van der Waals surface area contributed by atoms with Crippen LogP contribution in [0.4, 0.5) is 0 Å². The molecule has 0 fully saturated rings. The average Bonchev–Trinajstić information content (AvgIpc) is 2.41. The quantitative estimate of drug-likeness (QED) is 0.632. The minimum atomic E-state index is 0.732. The Morgan fingerprint density at radius 3 is 2.44 bits per heavy atom. The van der Waals surface area contributed by atoms with Crippen molar-refractivity contribution in [3.05, 3.63) is 71.2 Å². The lowest BCUT2D eigenvalue weighted by Crippen LogP contribution is -1.84. The van der Waals surface area contributed by atoms with Gasteiger partial charge >= 0.3 is 0 Å². The molecule has 0 bridgehead atoms.